The number of hydrogen-bond donors (Lipinski definition) is 1. The summed E-state index contributed by atoms with van der Waals surface area (Å²) in [7, 11) is 0. The van der Waals surface area contributed by atoms with Gasteiger partial charge in [-0.3, -0.25) is 4.90 Å². The van der Waals surface area contributed by atoms with Crippen LogP contribution in [-0.4, -0.2) is 34.2 Å². The first kappa shape index (κ1) is 8.16. The molecule has 0 saturated carbocycles. The van der Waals surface area contributed by atoms with E-state index in [1.165, 1.54) is 0 Å². The molecule has 0 atom stereocenters. The Kier molecular flexibility index (Phi) is 2.12. The van der Waals surface area contributed by atoms with Gasteiger partial charge >= 0.3 is 0 Å². The molecule has 0 aromatic carbocycles. The van der Waals surface area contributed by atoms with Crippen LogP contribution in [0.1, 0.15) is 10.7 Å². The fourth-order valence-corrected chi connectivity index (χ4v) is 2.15. The molecule has 0 bridgehead atoms. The Morgan fingerprint density at radius 3 is 3.00 bits per heavy atom. The third-order valence-corrected chi connectivity index (χ3v) is 2.91. The van der Waals surface area contributed by atoms with Gasteiger partial charge in [-0.25, -0.2) is 4.98 Å². The van der Waals surface area contributed by atoms with Crippen molar-refractivity contribution in [3.05, 3.63) is 16.1 Å². The van der Waals surface area contributed by atoms with Crippen molar-refractivity contribution in [2.75, 3.05) is 13.1 Å². The largest absolute Gasteiger partial charge is 0.390 e. The molecule has 12 heavy (non-hydrogen) atoms. The van der Waals surface area contributed by atoms with Crippen molar-refractivity contribution in [3.8, 4) is 0 Å². The Balaban J connectivity index is 1.88. The van der Waals surface area contributed by atoms with Crippen molar-refractivity contribution >= 4 is 11.3 Å². The summed E-state index contributed by atoms with van der Waals surface area (Å²) in [4.78, 5) is 6.55. The predicted octanol–water partition coefficient (Wildman–Crippen LogP) is 0.628. The number of hydrogen-bond acceptors (Lipinski definition) is 4. The van der Waals surface area contributed by atoms with Crippen LogP contribution >= 0.6 is 11.3 Å². The molecule has 0 spiro atoms. The van der Waals surface area contributed by atoms with Crippen LogP contribution in [0, 0.1) is 6.92 Å². The van der Waals surface area contributed by atoms with Gasteiger partial charge in [-0.2, -0.15) is 0 Å². The second kappa shape index (κ2) is 3.12. The highest BCUT2D eigenvalue weighted by molar-refractivity contribution is 7.09. The number of aryl methyl sites for hydroxylation is 1. The molecule has 1 fully saturated rings. The van der Waals surface area contributed by atoms with Crippen molar-refractivity contribution < 1.29 is 5.11 Å². The van der Waals surface area contributed by atoms with E-state index in [0.717, 1.165) is 30.3 Å². The van der Waals surface area contributed by atoms with Crippen LogP contribution in [0.2, 0.25) is 0 Å². The zero-order chi connectivity index (χ0) is 8.55. The number of rotatable bonds is 2. The average Bonchev–Trinajstić information content (AvgIpc) is 2.33. The molecule has 0 aliphatic carbocycles. The van der Waals surface area contributed by atoms with E-state index in [0.29, 0.717) is 0 Å². The van der Waals surface area contributed by atoms with Crippen molar-refractivity contribution in [3.63, 3.8) is 0 Å². The van der Waals surface area contributed by atoms with Crippen LogP contribution in [-0.2, 0) is 6.54 Å². The summed E-state index contributed by atoms with van der Waals surface area (Å²) in [5, 5.41) is 12.3. The van der Waals surface area contributed by atoms with Gasteiger partial charge in [-0.15, -0.1) is 11.3 Å². The van der Waals surface area contributed by atoms with E-state index in [2.05, 4.69) is 15.3 Å². The summed E-state index contributed by atoms with van der Waals surface area (Å²) in [6.45, 7) is 4.51. The van der Waals surface area contributed by atoms with Crippen LogP contribution in [0.25, 0.3) is 0 Å². The molecule has 1 N–H and O–H groups in total. The lowest BCUT2D eigenvalue weighted by Crippen LogP contribution is -2.49. The van der Waals surface area contributed by atoms with Crippen molar-refractivity contribution in [1.82, 2.24) is 9.88 Å². The van der Waals surface area contributed by atoms with Crippen molar-refractivity contribution in [2.24, 2.45) is 0 Å². The first-order chi connectivity index (χ1) is 5.74. The number of β-amino-alcohol motifs (C(OH)–C–C–N with tert-alkyl or cyclic N) is 1. The van der Waals surface area contributed by atoms with Crippen molar-refractivity contribution in [2.45, 2.75) is 19.6 Å². The maximum absolute atomic E-state index is 9.04. The molecule has 3 nitrogen and oxygen atoms in total. The highest BCUT2D eigenvalue weighted by Crippen LogP contribution is 2.15. The summed E-state index contributed by atoms with van der Waals surface area (Å²) in [5.74, 6) is 0. The quantitative estimate of drug-likeness (QED) is 0.732. The molecule has 66 valence electrons. The lowest BCUT2D eigenvalue weighted by Gasteiger charge is -2.34. The molecule has 0 unspecified atom stereocenters. The smallest absolute Gasteiger partial charge is 0.107 e. The fourth-order valence-electron chi connectivity index (χ4n) is 1.34. The number of aliphatic hydroxyl groups excluding tert-OH is 1. The highest BCUT2D eigenvalue weighted by Gasteiger charge is 2.24. The molecule has 1 aromatic rings. The number of aromatic nitrogens is 1. The van der Waals surface area contributed by atoms with E-state index in [9.17, 15) is 0 Å². The second-order valence-corrected chi connectivity index (χ2v) is 4.17. The van der Waals surface area contributed by atoms with Gasteiger partial charge < -0.3 is 5.11 Å². The third kappa shape index (κ3) is 1.65. The maximum atomic E-state index is 9.04. The molecular formula is C8H12N2OS. The molecule has 0 radical (unpaired) electrons. The summed E-state index contributed by atoms with van der Waals surface area (Å²) in [6.07, 6.45) is -0.106. The van der Waals surface area contributed by atoms with Gasteiger partial charge in [0.15, 0.2) is 0 Å². The van der Waals surface area contributed by atoms with Gasteiger partial charge in [-0.1, -0.05) is 0 Å². The fraction of sp³-hybridized carbons (Fsp3) is 0.625. The molecular weight excluding hydrogens is 172 g/mol. The van der Waals surface area contributed by atoms with Crippen LogP contribution in [0.3, 0.4) is 0 Å². The molecule has 0 amide bonds. The standard InChI is InChI=1S/C8H12N2OS/c1-6-5-12-8(9-6)4-10-2-7(11)3-10/h5,7,11H,2-4H2,1H3. The molecule has 2 heterocycles. The molecule has 1 aliphatic heterocycles. The van der Waals surface area contributed by atoms with Gasteiger partial charge in [0.1, 0.15) is 5.01 Å². The molecule has 1 aromatic heterocycles. The summed E-state index contributed by atoms with van der Waals surface area (Å²) >= 11 is 1.69. The van der Waals surface area contributed by atoms with Gasteiger partial charge in [0.05, 0.1) is 12.6 Å². The van der Waals surface area contributed by atoms with Gasteiger partial charge in [0.25, 0.3) is 0 Å². The topological polar surface area (TPSA) is 36.4 Å². The molecule has 1 aliphatic rings. The number of nitrogens with zero attached hydrogens (tertiary/aromatic N) is 2. The number of thiazole rings is 1. The minimum Gasteiger partial charge on any atom is -0.390 e. The first-order valence-corrected chi connectivity index (χ1v) is 4.93. The molecule has 4 heteroatoms. The van der Waals surface area contributed by atoms with E-state index < -0.39 is 0 Å². The maximum Gasteiger partial charge on any atom is 0.107 e. The van der Waals surface area contributed by atoms with Gasteiger partial charge in [0.2, 0.25) is 0 Å². The Bertz CT molecular complexity index is 268. The Hall–Kier alpha value is -0.450. The number of aliphatic hydroxyl groups is 1. The third-order valence-electron chi connectivity index (χ3n) is 1.96. The zero-order valence-corrected chi connectivity index (χ0v) is 7.84. The Labute approximate surface area is 75.7 Å². The second-order valence-electron chi connectivity index (χ2n) is 3.23. The van der Waals surface area contributed by atoms with E-state index in [1.807, 2.05) is 6.92 Å². The normalized spacial score (nSPS) is 19.5. The predicted molar refractivity (Wildman–Crippen MR) is 48.1 cm³/mol. The summed E-state index contributed by atoms with van der Waals surface area (Å²) in [6, 6.07) is 0. The van der Waals surface area contributed by atoms with Crippen LogP contribution in [0.5, 0.6) is 0 Å². The Morgan fingerprint density at radius 1 is 1.75 bits per heavy atom. The van der Waals surface area contributed by atoms with E-state index >= 15 is 0 Å². The molecule has 2 rings (SSSR count). The summed E-state index contributed by atoms with van der Waals surface area (Å²) < 4.78 is 0. The van der Waals surface area contributed by atoms with Crippen LogP contribution < -0.4 is 0 Å². The minimum absolute atomic E-state index is 0.106. The zero-order valence-electron chi connectivity index (χ0n) is 7.03. The minimum atomic E-state index is -0.106. The lowest BCUT2D eigenvalue weighted by molar-refractivity contribution is -0.00290. The van der Waals surface area contributed by atoms with Gasteiger partial charge in [-0.05, 0) is 6.92 Å². The highest BCUT2D eigenvalue weighted by atomic mass is 32.1. The van der Waals surface area contributed by atoms with E-state index in [4.69, 9.17) is 5.11 Å². The SMILES string of the molecule is Cc1csc(CN2CC(O)C2)n1. The average molecular weight is 184 g/mol. The Morgan fingerprint density at radius 2 is 2.50 bits per heavy atom. The number of likely N-dealkylation sites (tertiary alicyclic amines) is 1. The monoisotopic (exact) mass is 184 g/mol. The van der Waals surface area contributed by atoms with Crippen LogP contribution in [0.4, 0.5) is 0 Å². The first-order valence-electron chi connectivity index (χ1n) is 4.05. The van der Waals surface area contributed by atoms with Crippen molar-refractivity contribution in [1.29, 1.82) is 0 Å². The molecule has 1 saturated heterocycles. The summed E-state index contributed by atoms with van der Waals surface area (Å²) in [5.41, 5.74) is 1.09. The van der Waals surface area contributed by atoms with Gasteiger partial charge in [0, 0.05) is 24.2 Å². The van der Waals surface area contributed by atoms with E-state index in [-0.39, 0.29) is 6.10 Å². The lowest BCUT2D eigenvalue weighted by atomic mass is 10.2. The van der Waals surface area contributed by atoms with E-state index in [1.54, 1.807) is 11.3 Å². The van der Waals surface area contributed by atoms with Crippen LogP contribution in [0.15, 0.2) is 5.38 Å².